The van der Waals surface area contributed by atoms with Gasteiger partial charge in [-0.1, -0.05) is 46.8 Å². The number of nitrogens with zero attached hydrogens (tertiary/aromatic N) is 6. The van der Waals surface area contributed by atoms with E-state index in [1.54, 1.807) is 7.11 Å². The van der Waals surface area contributed by atoms with E-state index in [1.165, 1.54) is 0 Å². The molecule has 13 nitrogen and oxygen atoms in total. The van der Waals surface area contributed by atoms with E-state index in [1.807, 2.05) is 15.8 Å². The minimum absolute atomic E-state index is 0. The third-order valence-corrected chi connectivity index (χ3v) is 13.4. The van der Waals surface area contributed by atoms with Crippen molar-refractivity contribution in [1.29, 1.82) is 0 Å². The van der Waals surface area contributed by atoms with Crippen LogP contribution in [0.15, 0.2) is 16.2 Å². The molecule has 0 saturated carbocycles. The zero-order chi connectivity index (χ0) is 35.9. The molecule has 1 aromatic heterocycles. The Morgan fingerprint density at radius 3 is 1.67 bits per heavy atom. The van der Waals surface area contributed by atoms with E-state index in [9.17, 15) is 0 Å². The fourth-order valence-electron chi connectivity index (χ4n) is 5.92. The first-order chi connectivity index (χ1) is 22.0. The van der Waals surface area contributed by atoms with Crippen molar-refractivity contribution in [2.45, 2.75) is 150 Å². The second-order valence-corrected chi connectivity index (χ2v) is 29.1. The van der Waals surface area contributed by atoms with Crippen molar-refractivity contribution in [2.75, 3.05) is 20.3 Å². The molecule has 4 heterocycles. The van der Waals surface area contributed by atoms with Crippen LogP contribution in [0.2, 0.25) is 45.3 Å². The summed E-state index contributed by atoms with van der Waals surface area (Å²) in [5.74, 6) is 0. The van der Waals surface area contributed by atoms with E-state index in [0.717, 1.165) is 5.69 Å². The van der Waals surface area contributed by atoms with Crippen LogP contribution >= 0.6 is 0 Å². The predicted molar refractivity (Wildman–Crippen MR) is 194 cm³/mol. The number of aryl methyl sites for hydroxylation is 1. The Morgan fingerprint density at radius 2 is 1.31 bits per heavy atom. The van der Waals surface area contributed by atoms with Gasteiger partial charge in [-0.15, -0.1) is 5.10 Å². The summed E-state index contributed by atoms with van der Waals surface area (Å²) in [7, 11) is -5.12. The van der Waals surface area contributed by atoms with Gasteiger partial charge < -0.3 is 31.6 Å². The van der Waals surface area contributed by atoms with Crippen LogP contribution in [0, 0.1) is 10.8 Å². The molecule has 0 aromatic carbocycles. The van der Waals surface area contributed by atoms with Gasteiger partial charge in [-0.3, -0.25) is 4.68 Å². The van der Waals surface area contributed by atoms with E-state index in [0.29, 0.717) is 44.4 Å². The SMILES string of the molecule is CO[Si]1(CCn2cc(CN(C3=N[C@@H](C(C)(C)C)CO3)C3=N[C@@H](C(C)(C)C)CO3)nn2)OC(C(C)O[Si](C)(C)C)C(C(C)O[Si](C)(C)C)O1.[Cu]. The van der Waals surface area contributed by atoms with Gasteiger partial charge in [0.1, 0.15) is 31.1 Å². The number of aromatic nitrogens is 3. The third-order valence-electron chi connectivity index (χ3n) is 8.56. The number of hydrogen-bond acceptors (Lipinski definition) is 12. The van der Waals surface area contributed by atoms with Crippen LogP contribution in [0.25, 0.3) is 0 Å². The van der Waals surface area contributed by atoms with Gasteiger partial charge in [0.05, 0.1) is 37.0 Å². The molecule has 3 aliphatic rings. The van der Waals surface area contributed by atoms with Crippen molar-refractivity contribution in [2.24, 2.45) is 20.8 Å². The van der Waals surface area contributed by atoms with Crippen LogP contribution in [0.3, 0.4) is 0 Å². The van der Waals surface area contributed by atoms with Crippen LogP contribution in [0.1, 0.15) is 61.1 Å². The summed E-state index contributed by atoms with van der Waals surface area (Å²) in [6.45, 7) is 32.1. The average Bonchev–Trinajstić information content (AvgIpc) is 3.73. The summed E-state index contributed by atoms with van der Waals surface area (Å²) in [4.78, 5) is 11.8. The molecule has 0 amide bonds. The monoisotopic (exact) mass is 789 g/mol. The third kappa shape index (κ3) is 11.4. The van der Waals surface area contributed by atoms with Crippen LogP contribution in [0.4, 0.5) is 0 Å². The molecule has 49 heavy (non-hydrogen) atoms. The zero-order valence-electron chi connectivity index (χ0n) is 32.4. The first-order valence-corrected chi connectivity index (χ1v) is 26.1. The quantitative estimate of drug-likeness (QED) is 0.250. The Kier molecular flexibility index (Phi) is 13.7. The fourth-order valence-corrected chi connectivity index (χ4v) is 11.1. The normalized spacial score (nSPS) is 27.6. The maximum Gasteiger partial charge on any atom is 0.503 e. The number of hydrogen-bond donors (Lipinski definition) is 0. The Labute approximate surface area is 308 Å². The summed E-state index contributed by atoms with van der Waals surface area (Å²) in [6, 6.07) is 1.57. The molecule has 0 N–H and O–H groups in total. The minimum atomic E-state index is -3.11. The Morgan fingerprint density at radius 1 is 0.857 bits per heavy atom. The van der Waals surface area contributed by atoms with Gasteiger partial charge in [-0.2, -0.15) is 0 Å². The number of rotatable bonds is 12. The van der Waals surface area contributed by atoms with E-state index in [2.05, 4.69) is 105 Å². The van der Waals surface area contributed by atoms with Crippen LogP contribution in [0.5, 0.6) is 0 Å². The van der Waals surface area contributed by atoms with Gasteiger partial charge in [0.2, 0.25) is 0 Å². The van der Waals surface area contributed by atoms with Crippen molar-refractivity contribution in [3.63, 3.8) is 0 Å². The Bertz CT molecular complexity index is 1240. The first-order valence-electron chi connectivity index (χ1n) is 17.3. The smallest absolute Gasteiger partial charge is 0.463 e. The molecule has 1 radical (unpaired) electrons. The zero-order valence-corrected chi connectivity index (χ0v) is 36.4. The molecule has 285 valence electrons. The first kappa shape index (κ1) is 42.3. The maximum atomic E-state index is 6.75. The van der Waals surface area contributed by atoms with Gasteiger partial charge in [0.15, 0.2) is 16.6 Å². The average molecular weight is 791 g/mol. The van der Waals surface area contributed by atoms with Gasteiger partial charge >= 0.3 is 8.80 Å². The summed E-state index contributed by atoms with van der Waals surface area (Å²) < 4.78 is 46.6. The van der Waals surface area contributed by atoms with E-state index in [4.69, 9.17) is 41.6 Å². The van der Waals surface area contributed by atoms with Crippen molar-refractivity contribution < 1.29 is 48.7 Å². The molecule has 4 rings (SSSR count). The molecular formula is C32H62CuN6O7Si3. The molecule has 1 aromatic rings. The topological polar surface area (TPSA) is 123 Å². The summed E-state index contributed by atoms with van der Waals surface area (Å²) in [5, 5.41) is 8.97. The van der Waals surface area contributed by atoms with E-state index >= 15 is 0 Å². The van der Waals surface area contributed by atoms with Gasteiger partial charge in [-0.05, 0) is 64.0 Å². The largest absolute Gasteiger partial charge is 0.503 e. The van der Waals surface area contributed by atoms with Crippen LogP contribution < -0.4 is 0 Å². The molecule has 1 saturated heterocycles. The molecule has 0 bridgehead atoms. The molecule has 1 fully saturated rings. The molecule has 0 aliphatic carbocycles. The van der Waals surface area contributed by atoms with E-state index < -0.39 is 25.4 Å². The second kappa shape index (κ2) is 15.8. The molecule has 0 spiro atoms. The molecule has 6 atom stereocenters. The molecule has 3 aliphatic heterocycles. The predicted octanol–water partition coefficient (Wildman–Crippen LogP) is 5.53. The van der Waals surface area contributed by atoms with Crippen molar-refractivity contribution in [1.82, 2.24) is 19.9 Å². The molecule has 4 unspecified atom stereocenters. The van der Waals surface area contributed by atoms with Gasteiger partial charge in [0.25, 0.3) is 12.0 Å². The van der Waals surface area contributed by atoms with Gasteiger partial charge in [-0.25, -0.2) is 14.9 Å². The summed E-state index contributed by atoms with van der Waals surface area (Å²) in [5.41, 5.74) is 0.658. The van der Waals surface area contributed by atoms with Crippen LogP contribution in [-0.2, 0) is 61.8 Å². The number of aliphatic imine (C=N–C) groups is 2. The number of ether oxygens (including phenoxy) is 2. The maximum absolute atomic E-state index is 6.75. The Balaban J connectivity index is 0.00000650. The summed E-state index contributed by atoms with van der Waals surface area (Å²) in [6.07, 6.45) is 0.987. The minimum Gasteiger partial charge on any atom is -0.463 e. The van der Waals surface area contributed by atoms with Crippen molar-refractivity contribution in [3.05, 3.63) is 11.9 Å². The second-order valence-electron chi connectivity index (χ2n) is 17.4. The molecular weight excluding hydrogens is 728 g/mol. The van der Waals surface area contributed by atoms with Crippen molar-refractivity contribution >= 4 is 37.5 Å². The van der Waals surface area contributed by atoms with Crippen molar-refractivity contribution in [3.8, 4) is 0 Å². The molecule has 17 heteroatoms. The summed E-state index contributed by atoms with van der Waals surface area (Å²) >= 11 is 0. The fraction of sp³-hybridized carbons (Fsp3) is 0.875. The van der Waals surface area contributed by atoms with E-state index in [-0.39, 0.29) is 64.4 Å². The standard InChI is InChI=1S/C32H62N6O7Si3.Cu/c1-22(42-46(10,11)12)27-28(23(2)43-47(13,14)15)45-48(39-9,44-27)17-16-37-18-24(35-36-37)19-38(29-33-25(20-40-29)31(3,4)5)30-34-26(21-41-30)32(6,7)8;/h18,22-23,25-28H,16-17,19-21H2,1-15H3;/t22?,23?,25-,26-,27?,28?,48?;/m1./s1. The Hall–Kier alpha value is -1.15. The number of amidine groups is 2. The van der Waals surface area contributed by atoms with Crippen LogP contribution in [-0.4, -0.2) is 114 Å². The van der Waals surface area contributed by atoms with Gasteiger partial charge in [0, 0.05) is 36.8 Å².